The SMILES string of the molecule is C=CC(=O)OCCCCOC(=O)Oc1ccc(C(=O)Oc2ccc(C(=O)O[C@H]3CO[C@H]4[C@@H]3CC[C@H]4OC(=O)c3ccc(OC(=O)c4ccc(OC(=O)OCCCCOC(=O)C=C)cc4)cc3)cc2)cc1. The van der Waals surface area contributed by atoms with Crippen LogP contribution in [0.1, 0.15) is 80.0 Å². The Hall–Kier alpha value is -8.32. The summed E-state index contributed by atoms with van der Waals surface area (Å²) in [6.45, 7) is 7.15. The van der Waals surface area contributed by atoms with E-state index in [1.807, 2.05) is 0 Å². The van der Waals surface area contributed by atoms with E-state index in [0.29, 0.717) is 38.5 Å². The number of esters is 6. The molecule has 4 aromatic rings. The van der Waals surface area contributed by atoms with Crippen LogP contribution in [0, 0.1) is 5.92 Å². The molecular formula is C51H48O19. The largest absolute Gasteiger partial charge is 0.513 e. The van der Waals surface area contributed by atoms with Crippen LogP contribution in [0.2, 0.25) is 0 Å². The molecule has 6 rings (SSSR count). The number of benzene rings is 4. The Morgan fingerprint density at radius 2 is 0.786 bits per heavy atom. The van der Waals surface area contributed by atoms with Crippen molar-refractivity contribution in [3.63, 3.8) is 0 Å². The Morgan fingerprint density at radius 3 is 1.17 bits per heavy atom. The van der Waals surface area contributed by atoms with Crippen molar-refractivity contribution in [1.82, 2.24) is 0 Å². The van der Waals surface area contributed by atoms with Crippen molar-refractivity contribution in [2.24, 2.45) is 5.92 Å². The molecule has 0 spiro atoms. The van der Waals surface area contributed by atoms with Gasteiger partial charge in [-0.1, -0.05) is 13.2 Å². The number of unbranched alkanes of at least 4 members (excludes halogenated alkanes) is 2. The summed E-state index contributed by atoms with van der Waals surface area (Å²) in [7, 11) is 0. The van der Waals surface area contributed by atoms with Gasteiger partial charge in [0.2, 0.25) is 0 Å². The summed E-state index contributed by atoms with van der Waals surface area (Å²) in [4.78, 5) is 97.8. The van der Waals surface area contributed by atoms with E-state index in [-0.39, 0.29) is 84.2 Å². The molecule has 19 heteroatoms. The quantitative estimate of drug-likeness (QED) is 0.0183. The van der Waals surface area contributed by atoms with E-state index < -0.39 is 66.4 Å². The fraction of sp³-hybridized carbons (Fsp3) is 0.294. The number of carbonyl (C=O) groups is 8. The molecule has 0 amide bonds. The topological polar surface area (TPSA) is 238 Å². The highest BCUT2D eigenvalue weighted by Gasteiger charge is 2.49. The van der Waals surface area contributed by atoms with Crippen molar-refractivity contribution in [2.75, 3.05) is 33.0 Å². The summed E-state index contributed by atoms with van der Waals surface area (Å²) in [6, 6.07) is 22.8. The van der Waals surface area contributed by atoms with E-state index >= 15 is 0 Å². The molecule has 19 nitrogen and oxygen atoms in total. The molecule has 2 fully saturated rings. The lowest BCUT2D eigenvalue weighted by Crippen LogP contribution is -2.31. The number of fused-ring (bicyclic) bond motifs is 1. The molecule has 0 bridgehead atoms. The molecule has 1 heterocycles. The fourth-order valence-corrected chi connectivity index (χ4v) is 6.98. The van der Waals surface area contributed by atoms with Crippen LogP contribution in [0.3, 0.4) is 0 Å². The Labute approximate surface area is 401 Å². The van der Waals surface area contributed by atoms with Crippen molar-refractivity contribution in [3.05, 3.63) is 145 Å². The smallest absolute Gasteiger partial charge is 0.463 e. The third kappa shape index (κ3) is 15.4. The van der Waals surface area contributed by atoms with Crippen LogP contribution in [-0.2, 0) is 42.7 Å². The standard InChI is InChI=1S/C51H48O19/c1-3-43(52)60-27-5-7-29-62-50(58)67-38-21-13-32(14-22-38)46(54)65-36-17-9-34(10-18-36)48(56)69-41-26-25-40-42(31-64-45(40)41)70-49(57)35-11-19-37(20-12-35)66-47(55)33-15-23-39(24-16-33)68-51(59)63-30-8-6-28-61-44(53)4-2/h3-4,9-24,40-42,45H,1-2,5-8,25-31H2/t40-,41-,42+,45+/m1/s1. The first-order valence-corrected chi connectivity index (χ1v) is 22.0. The van der Waals surface area contributed by atoms with E-state index in [1.54, 1.807) is 0 Å². The van der Waals surface area contributed by atoms with Gasteiger partial charge >= 0.3 is 48.1 Å². The summed E-state index contributed by atoms with van der Waals surface area (Å²) in [5, 5.41) is 0. The van der Waals surface area contributed by atoms with E-state index in [0.717, 1.165) is 12.2 Å². The molecule has 2 aliphatic rings. The van der Waals surface area contributed by atoms with Crippen molar-refractivity contribution in [1.29, 1.82) is 0 Å². The Balaban J connectivity index is 0.876. The summed E-state index contributed by atoms with van der Waals surface area (Å²) in [6.07, 6.45) is 1.48. The minimum Gasteiger partial charge on any atom is -0.463 e. The second-order valence-electron chi connectivity index (χ2n) is 15.4. The maximum Gasteiger partial charge on any atom is 0.513 e. The van der Waals surface area contributed by atoms with Gasteiger partial charge in [0.1, 0.15) is 41.3 Å². The molecule has 0 unspecified atom stereocenters. The molecule has 0 aromatic heterocycles. The van der Waals surface area contributed by atoms with Crippen molar-refractivity contribution < 1.29 is 90.5 Å². The first-order chi connectivity index (χ1) is 33.9. The number of hydrogen-bond acceptors (Lipinski definition) is 19. The van der Waals surface area contributed by atoms with Crippen LogP contribution in [-0.4, -0.2) is 99.5 Å². The Kier molecular flexibility index (Phi) is 18.8. The molecule has 1 saturated carbocycles. The lowest BCUT2D eigenvalue weighted by molar-refractivity contribution is -0.138. The second kappa shape index (κ2) is 25.7. The lowest BCUT2D eigenvalue weighted by atomic mass is 10.0. The zero-order chi connectivity index (χ0) is 49.8. The maximum atomic E-state index is 13.1. The normalized spacial score (nSPS) is 16.5. The van der Waals surface area contributed by atoms with Crippen LogP contribution in [0.15, 0.2) is 122 Å². The Bertz CT molecular complexity index is 2320. The summed E-state index contributed by atoms with van der Waals surface area (Å²) < 4.78 is 58.3. The van der Waals surface area contributed by atoms with Crippen molar-refractivity contribution >= 4 is 48.1 Å². The third-order valence-corrected chi connectivity index (χ3v) is 10.5. The van der Waals surface area contributed by atoms with E-state index in [2.05, 4.69) is 13.2 Å². The van der Waals surface area contributed by atoms with Gasteiger partial charge in [0, 0.05) is 18.1 Å². The van der Waals surface area contributed by atoms with Gasteiger partial charge in [0.15, 0.2) is 0 Å². The first-order valence-electron chi connectivity index (χ1n) is 22.0. The predicted octanol–water partition coefficient (Wildman–Crippen LogP) is 7.73. The van der Waals surface area contributed by atoms with E-state index in [4.69, 9.17) is 52.1 Å². The van der Waals surface area contributed by atoms with E-state index in [9.17, 15) is 38.4 Å². The number of hydrogen-bond donors (Lipinski definition) is 0. The zero-order valence-electron chi connectivity index (χ0n) is 37.7. The minimum atomic E-state index is -0.938. The van der Waals surface area contributed by atoms with Crippen LogP contribution in [0.4, 0.5) is 9.59 Å². The highest BCUT2D eigenvalue weighted by atomic mass is 16.7. The van der Waals surface area contributed by atoms with Crippen LogP contribution < -0.4 is 18.9 Å². The fourth-order valence-electron chi connectivity index (χ4n) is 6.98. The maximum absolute atomic E-state index is 13.1. The molecular weight excluding hydrogens is 917 g/mol. The van der Waals surface area contributed by atoms with Gasteiger partial charge < -0.3 is 52.1 Å². The average Bonchev–Trinajstić information content (AvgIpc) is 3.96. The van der Waals surface area contributed by atoms with Gasteiger partial charge in [-0.3, -0.25) is 0 Å². The highest BCUT2D eigenvalue weighted by molar-refractivity contribution is 5.93. The zero-order valence-corrected chi connectivity index (χ0v) is 37.7. The molecule has 0 N–H and O–H groups in total. The second-order valence-corrected chi connectivity index (χ2v) is 15.4. The number of carbonyl (C=O) groups excluding carboxylic acids is 8. The van der Waals surface area contributed by atoms with E-state index in [1.165, 1.54) is 97.1 Å². The minimum absolute atomic E-state index is 0.0542. The summed E-state index contributed by atoms with van der Waals surface area (Å²) in [5.41, 5.74) is 0.752. The number of ether oxygens (including phenoxy) is 11. The van der Waals surface area contributed by atoms with Crippen molar-refractivity contribution in [2.45, 2.75) is 56.8 Å². The molecule has 0 radical (unpaired) electrons. The van der Waals surface area contributed by atoms with Gasteiger partial charge in [-0.15, -0.1) is 0 Å². The van der Waals surface area contributed by atoms with Crippen molar-refractivity contribution in [3.8, 4) is 23.0 Å². The van der Waals surface area contributed by atoms with Gasteiger partial charge in [-0.2, -0.15) is 0 Å². The third-order valence-electron chi connectivity index (χ3n) is 10.5. The van der Waals surface area contributed by atoms with Gasteiger partial charge in [0.05, 0.1) is 55.3 Å². The Morgan fingerprint density at radius 1 is 0.443 bits per heavy atom. The van der Waals surface area contributed by atoms with Crippen LogP contribution in [0.25, 0.3) is 0 Å². The number of rotatable bonds is 22. The van der Waals surface area contributed by atoms with Gasteiger partial charge in [-0.25, -0.2) is 38.4 Å². The lowest BCUT2D eigenvalue weighted by Gasteiger charge is -2.19. The molecule has 70 heavy (non-hydrogen) atoms. The summed E-state index contributed by atoms with van der Waals surface area (Å²) in [5.74, 6) is -3.30. The van der Waals surface area contributed by atoms with Crippen LogP contribution >= 0.6 is 0 Å². The molecule has 4 aromatic carbocycles. The molecule has 366 valence electrons. The first kappa shape index (κ1) is 51.1. The summed E-state index contributed by atoms with van der Waals surface area (Å²) >= 11 is 0. The molecule has 4 atom stereocenters. The van der Waals surface area contributed by atoms with Crippen LogP contribution in [0.5, 0.6) is 23.0 Å². The highest BCUT2D eigenvalue weighted by Crippen LogP contribution is 2.40. The average molecular weight is 965 g/mol. The molecule has 1 aliphatic heterocycles. The molecule has 1 aliphatic carbocycles. The molecule has 1 saturated heterocycles. The monoisotopic (exact) mass is 964 g/mol. The van der Waals surface area contributed by atoms with Gasteiger partial charge in [0.25, 0.3) is 0 Å². The van der Waals surface area contributed by atoms with Gasteiger partial charge in [-0.05, 0) is 136 Å². The predicted molar refractivity (Wildman–Crippen MR) is 241 cm³/mol.